The second-order valence-electron chi connectivity index (χ2n) is 6.11. The fraction of sp³-hybridized carbons (Fsp3) is 0.409. The number of carbonyl (C=O) groups excluding carboxylic acids is 1. The lowest BCUT2D eigenvalue weighted by molar-refractivity contribution is -0.109. The third-order valence-electron chi connectivity index (χ3n) is 4.11. The number of rotatable bonds is 16. The van der Waals surface area contributed by atoms with Gasteiger partial charge in [-0.3, -0.25) is 4.79 Å². The second kappa shape index (κ2) is 15.0. The third-order valence-corrected chi connectivity index (χ3v) is 4.11. The zero-order valence-corrected chi connectivity index (χ0v) is 15.5. The molecule has 1 aromatic carbocycles. The van der Waals surface area contributed by atoms with Gasteiger partial charge in [0.15, 0.2) is 0 Å². The van der Waals surface area contributed by atoms with Crippen molar-refractivity contribution in [2.75, 3.05) is 19.8 Å². The predicted octanol–water partition coefficient (Wildman–Crippen LogP) is 4.25. The van der Waals surface area contributed by atoms with Gasteiger partial charge in [-0.15, -0.1) is 6.58 Å². The molecule has 0 aromatic heterocycles. The first-order valence-corrected chi connectivity index (χ1v) is 9.10. The molecule has 0 aliphatic rings. The predicted molar refractivity (Wildman–Crippen MR) is 106 cm³/mol. The van der Waals surface area contributed by atoms with Gasteiger partial charge in [-0.25, -0.2) is 0 Å². The van der Waals surface area contributed by atoms with Gasteiger partial charge in [0.05, 0.1) is 12.9 Å². The Morgan fingerprint density at radius 1 is 1.15 bits per heavy atom. The van der Waals surface area contributed by atoms with Crippen molar-refractivity contribution in [3.8, 4) is 0 Å². The number of benzene rings is 1. The number of carbonyl (C=O) groups is 1. The second-order valence-corrected chi connectivity index (χ2v) is 6.11. The van der Waals surface area contributed by atoms with E-state index in [4.69, 9.17) is 9.47 Å². The number of allylic oxidation sites excluding steroid dienone is 2. The van der Waals surface area contributed by atoms with E-state index in [1.165, 1.54) is 5.56 Å². The molecule has 0 saturated heterocycles. The van der Waals surface area contributed by atoms with E-state index in [-0.39, 0.29) is 11.8 Å². The Morgan fingerprint density at radius 2 is 1.96 bits per heavy atom. The van der Waals surface area contributed by atoms with E-state index in [1.54, 1.807) is 12.3 Å². The van der Waals surface area contributed by atoms with Crippen molar-refractivity contribution in [1.29, 1.82) is 0 Å². The number of amides is 1. The summed E-state index contributed by atoms with van der Waals surface area (Å²) in [5, 5.41) is 2.79. The fourth-order valence-corrected chi connectivity index (χ4v) is 2.78. The van der Waals surface area contributed by atoms with E-state index in [0.717, 1.165) is 25.7 Å². The van der Waals surface area contributed by atoms with Gasteiger partial charge >= 0.3 is 0 Å². The summed E-state index contributed by atoms with van der Waals surface area (Å²) < 4.78 is 11.2. The van der Waals surface area contributed by atoms with Crippen molar-refractivity contribution in [2.45, 2.75) is 25.9 Å². The molecule has 142 valence electrons. The van der Waals surface area contributed by atoms with E-state index >= 15 is 0 Å². The van der Waals surface area contributed by atoms with Crippen LogP contribution < -0.4 is 5.32 Å². The van der Waals surface area contributed by atoms with Crippen LogP contribution in [-0.2, 0) is 20.9 Å². The maximum absolute atomic E-state index is 10.7. The van der Waals surface area contributed by atoms with Gasteiger partial charge in [-0.05, 0) is 42.7 Å². The standard InChI is InChI=1S/C22H31NO3/c1-3-9-22(17-23-19-24)21(13-16-25-14-4-2)12-8-15-26-18-20-10-6-5-7-11-20/h3-7,10-11,13,16,19,21-22H,1-2,8-9,12,14-15,17-18H2,(H,23,24)/b16-13+/t21-,22-/m0/s1. The van der Waals surface area contributed by atoms with E-state index in [1.807, 2.05) is 24.3 Å². The Balaban J connectivity index is 2.47. The monoisotopic (exact) mass is 357 g/mol. The lowest BCUT2D eigenvalue weighted by Crippen LogP contribution is -2.26. The van der Waals surface area contributed by atoms with Gasteiger partial charge in [-0.2, -0.15) is 0 Å². The lowest BCUT2D eigenvalue weighted by Gasteiger charge is -2.23. The fourth-order valence-electron chi connectivity index (χ4n) is 2.78. The molecule has 0 radical (unpaired) electrons. The molecule has 2 atom stereocenters. The highest BCUT2D eigenvalue weighted by molar-refractivity contribution is 5.45. The van der Waals surface area contributed by atoms with Crippen molar-refractivity contribution in [2.24, 2.45) is 11.8 Å². The summed E-state index contributed by atoms with van der Waals surface area (Å²) in [5.74, 6) is 0.570. The molecular weight excluding hydrogens is 326 g/mol. The van der Waals surface area contributed by atoms with Crippen LogP contribution in [-0.4, -0.2) is 26.2 Å². The third kappa shape index (κ3) is 9.84. The molecule has 0 bridgehead atoms. The summed E-state index contributed by atoms with van der Waals surface area (Å²) in [7, 11) is 0. The quantitative estimate of drug-likeness (QED) is 0.208. The molecule has 0 fully saturated rings. The average Bonchev–Trinajstić information content (AvgIpc) is 2.67. The topological polar surface area (TPSA) is 47.6 Å². The van der Waals surface area contributed by atoms with E-state index < -0.39 is 0 Å². The number of hydrogen-bond donors (Lipinski definition) is 1. The molecular formula is C22H31NO3. The van der Waals surface area contributed by atoms with Crippen LogP contribution in [0.3, 0.4) is 0 Å². The van der Waals surface area contributed by atoms with Crippen LogP contribution in [0.4, 0.5) is 0 Å². The Labute approximate surface area is 157 Å². The molecule has 0 spiro atoms. The maximum atomic E-state index is 10.7. The SMILES string of the molecule is C=CCO/C=C/[C@H](CCCOCc1ccccc1)[C@@H](CC=C)CNC=O. The van der Waals surface area contributed by atoms with Gasteiger partial charge in [0.2, 0.25) is 6.41 Å². The Hall–Kier alpha value is -2.33. The molecule has 1 aromatic rings. The van der Waals surface area contributed by atoms with Gasteiger partial charge in [-0.1, -0.05) is 49.1 Å². The van der Waals surface area contributed by atoms with Crippen LogP contribution in [0.5, 0.6) is 0 Å². The molecule has 0 heterocycles. The minimum absolute atomic E-state index is 0.283. The molecule has 26 heavy (non-hydrogen) atoms. The average molecular weight is 357 g/mol. The van der Waals surface area contributed by atoms with Gasteiger partial charge in [0, 0.05) is 13.2 Å². The summed E-state index contributed by atoms with van der Waals surface area (Å²) in [4.78, 5) is 10.7. The van der Waals surface area contributed by atoms with Crippen LogP contribution in [0, 0.1) is 11.8 Å². The molecule has 0 aliphatic carbocycles. The smallest absolute Gasteiger partial charge is 0.207 e. The van der Waals surface area contributed by atoms with Crippen molar-refractivity contribution in [3.63, 3.8) is 0 Å². The normalized spacial score (nSPS) is 13.1. The molecule has 0 saturated carbocycles. The Kier molecular flexibility index (Phi) is 12.5. The summed E-state index contributed by atoms with van der Waals surface area (Å²) in [6.07, 6.45) is 10.9. The van der Waals surface area contributed by atoms with E-state index in [2.05, 4.69) is 36.7 Å². The van der Waals surface area contributed by atoms with Crippen LogP contribution >= 0.6 is 0 Å². The zero-order valence-electron chi connectivity index (χ0n) is 15.5. The summed E-state index contributed by atoms with van der Waals surface area (Å²) in [5.41, 5.74) is 1.18. The summed E-state index contributed by atoms with van der Waals surface area (Å²) >= 11 is 0. The number of nitrogens with one attached hydrogen (secondary N) is 1. The van der Waals surface area contributed by atoms with E-state index in [0.29, 0.717) is 26.4 Å². The largest absolute Gasteiger partial charge is 0.497 e. The first-order chi connectivity index (χ1) is 12.8. The first-order valence-electron chi connectivity index (χ1n) is 9.10. The minimum Gasteiger partial charge on any atom is -0.497 e. The highest BCUT2D eigenvalue weighted by atomic mass is 16.5. The molecule has 1 N–H and O–H groups in total. The number of hydrogen-bond acceptors (Lipinski definition) is 3. The van der Waals surface area contributed by atoms with Gasteiger partial charge in [0.25, 0.3) is 0 Å². The molecule has 4 heteroatoms. The number of ether oxygens (including phenoxy) is 2. The van der Waals surface area contributed by atoms with E-state index in [9.17, 15) is 4.79 Å². The highest BCUT2D eigenvalue weighted by Gasteiger charge is 2.18. The van der Waals surface area contributed by atoms with Crippen LogP contribution in [0.2, 0.25) is 0 Å². The first kappa shape index (κ1) is 21.7. The molecule has 4 nitrogen and oxygen atoms in total. The minimum atomic E-state index is 0.283. The molecule has 0 unspecified atom stereocenters. The van der Waals surface area contributed by atoms with Crippen molar-refractivity contribution in [1.82, 2.24) is 5.32 Å². The van der Waals surface area contributed by atoms with Crippen LogP contribution in [0.1, 0.15) is 24.8 Å². The van der Waals surface area contributed by atoms with Crippen LogP contribution in [0.25, 0.3) is 0 Å². The van der Waals surface area contributed by atoms with Crippen LogP contribution in [0.15, 0.2) is 68.0 Å². The molecule has 1 rings (SSSR count). The molecule has 1 amide bonds. The van der Waals surface area contributed by atoms with Crippen molar-refractivity contribution >= 4 is 6.41 Å². The summed E-state index contributed by atoms with van der Waals surface area (Å²) in [6.45, 7) is 9.92. The summed E-state index contributed by atoms with van der Waals surface area (Å²) in [6, 6.07) is 10.2. The van der Waals surface area contributed by atoms with Crippen molar-refractivity contribution < 1.29 is 14.3 Å². The lowest BCUT2D eigenvalue weighted by atomic mass is 9.86. The zero-order chi connectivity index (χ0) is 18.9. The van der Waals surface area contributed by atoms with Gasteiger partial charge in [0.1, 0.15) is 6.61 Å². The molecule has 0 aliphatic heterocycles. The Morgan fingerprint density at radius 3 is 2.65 bits per heavy atom. The van der Waals surface area contributed by atoms with Gasteiger partial charge < -0.3 is 14.8 Å². The van der Waals surface area contributed by atoms with Crippen molar-refractivity contribution in [3.05, 3.63) is 73.5 Å². The maximum Gasteiger partial charge on any atom is 0.207 e. The highest BCUT2D eigenvalue weighted by Crippen LogP contribution is 2.23. The Bertz CT molecular complexity index is 527.